The number of halogens is 2. The average Bonchev–Trinajstić information content (AvgIpc) is 2.74. The lowest BCUT2D eigenvalue weighted by atomic mass is 9.99. The highest BCUT2D eigenvalue weighted by molar-refractivity contribution is 5.41. The first-order valence-electron chi connectivity index (χ1n) is 7.37. The highest BCUT2D eigenvalue weighted by Crippen LogP contribution is 2.44. The van der Waals surface area contributed by atoms with Crippen LogP contribution in [0.4, 0.5) is 8.78 Å². The average molecular weight is 303 g/mol. The summed E-state index contributed by atoms with van der Waals surface area (Å²) in [5, 5.41) is 2.91. The SMILES string of the molecule is CNCC1(F)Cc2ccccc2C1Oc1ccc(F)cc1C. The van der Waals surface area contributed by atoms with Gasteiger partial charge < -0.3 is 10.1 Å². The maximum absolute atomic E-state index is 15.4. The minimum absolute atomic E-state index is 0.201. The number of rotatable bonds is 4. The second kappa shape index (κ2) is 5.69. The van der Waals surface area contributed by atoms with Crippen LogP contribution in [0.3, 0.4) is 0 Å². The van der Waals surface area contributed by atoms with Crippen molar-refractivity contribution in [2.75, 3.05) is 13.6 Å². The Bertz CT molecular complexity index is 689. The monoisotopic (exact) mass is 303 g/mol. The Morgan fingerprint density at radius 2 is 2.05 bits per heavy atom. The third-order valence-electron chi connectivity index (χ3n) is 4.14. The molecule has 0 heterocycles. The van der Waals surface area contributed by atoms with Crippen LogP contribution in [0.15, 0.2) is 42.5 Å². The van der Waals surface area contributed by atoms with Crippen LogP contribution in [-0.2, 0) is 6.42 Å². The van der Waals surface area contributed by atoms with Crippen molar-refractivity contribution in [1.82, 2.24) is 5.32 Å². The van der Waals surface area contributed by atoms with E-state index in [1.54, 1.807) is 20.0 Å². The summed E-state index contributed by atoms with van der Waals surface area (Å²) in [6.45, 7) is 1.96. The third kappa shape index (κ3) is 2.59. The van der Waals surface area contributed by atoms with Crippen molar-refractivity contribution in [2.24, 2.45) is 0 Å². The molecule has 4 heteroatoms. The smallest absolute Gasteiger partial charge is 0.168 e. The quantitative estimate of drug-likeness (QED) is 0.929. The number of hydrogen-bond donors (Lipinski definition) is 1. The Kier molecular flexibility index (Phi) is 3.87. The fraction of sp³-hybridized carbons (Fsp3) is 0.333. The molecule has 22 heavy (non-hydrogen) atoms. The first kappa shape index (κ1) is 15.0. The molecule has 0 saturated carbocycles. The number of fused-ring (bicyclic) bond motifs is 1. The predicted octanol–water partition coefficient (Wildman–Crippen LogP) is 3.74. The first-order chi connectivity index (χ1) is 10.5. The molecule has 3 rings (SSSR count). The van der Waals surface area contributed by atoms with Gasteiger partial charge in [-0.25, -0.2) is 8.78 Å². The highest BCUT2D eigenvalue weighted by atomic mass is 19.1. The number of hydrogen-bond acceptors (Lipinski definition) is 2. The molecule has 1 aliphatic rings. The Labute approximate surface area is 129 Å². The van der Waals surface area contributed by atoms with Crippen molar-refractivity contribution < 1.29 is 13.5 Å². The molecule has 2 aromatic rings. The van der Waals surface area contributed by atoms with Crippen LogP contribution < -0.4 is 10.1 Å². The van der Waals surface area contributed by atoms with E-state index < -0.39 is 11.8 Å². The van der Waals surface area contributed by atoms with Crippen LogP contribution in [0, 0.1) is 12.7 Å². The Morgan fingerprint density at radius 3 is 2.77 bits per heavy atom. The van der Waals surface area contributed by atoms with E-state index in [1.807, 2.05) is 24.3 Å². The molecule has 0 saturated heterocycles. The number of alkyl halides is 1. The van der Waals surface area contributed by atoms with Gasteiger partial charge in [0.1, 0.15) is 11.6 Å². The fourth-order valence-electron chi connectivity index (χ4n) is 3.13. The molecule has 0 radical (unpaired) electrons. The van der Waals surface area contributed by atoms with Crippen molar-refractivity contribution in [1.29, 1.82) is 0 Å². The minimum Gasteiger partial charge on any atom is -0.482 e. The lowest BCUT2D eigenvalue weighted by molar-refractivity contribution is 0.0227. The number of ether oxygens (including phenoxy) is 1. The van der Waals surface area contributed by atoms with E-state index in [2.05, 4.69) is 5.32 Å². The van der Waals surface area contributed by atoms with Gasteiger partial charge in [-0.05, 0) is 48.9 Å². The molecule has 0 aliphatic heterocycles. The zero-order valence-corrected chi connectivity index (χ0v) is 12.7. The van der Waals surface area contributed by atoms with E-state index in [1.165, 1.54) is 12.1 Å². The van der Waals surface area contributed by atoms with Gasteiger partial charge in [0.25, 0.3) is 0 Å². The summed E-state index contributed by atoms with van der Waals surface area (Å²) in [7, 11) is 1.73. The van der Waals surface area contributed by atoms with Gasteiger partial charge in [0.2, 0.25) is 0 Å². The van der Waals surface area contributed by atoms with E-state index in [-0.39, 0.29) is 12.4 Å². The fourth-order valence-corrected chi connectivity index (χ4v) is 3.13. The second-order valence-corrected chi connectivity index (χ2v) is 5.85. The molecule has 2 aromatic carbocycles. The van der Waals surface area contributed by atoms with Gasteiger partial charge in [0.05, 0.1) is 0 Å². The van der Waals surface area contributed by atoms with Crippen LogP contribution in [0.2, 0.25) is 0 Å². The maximum Gasteiger partial charge on any atom is 0.168 e. The Balaban J connectivity index is 1.98. The maximum atomic E-state index is 15.4. The van der Waals surface area contributed by atoms with Crippen molar-refractivity contribution in [3.05, 3.63) is 65.0 Å². The lowest BCUT2D eigenvalue weighted by Crippen LogP contribution is -2.41. The van der Waals surface area contributed by atoms with Crippen molar-refractivity contribution in [2.45, 2.75) is 25.1 Å². The Morgan fingerprint density at radius 1 is 1.27 bits per heavy atom. The van der Waals surface area contributed by atoms with Gasteiger partial charge in [0.15, 0.2) is 11.8 Å². The predicted molar refractivity (Wildman–Crippen MR) is 82.4 cm³/mol. The number of nitrogens with one attached hydrogen (secondary N) is 1. The molecule has 0 fully saturated rings. The zero-order chi connectivity index (χ0) is 15.7. The molecule has 1 aliphatic carbocycles. The van der Waals surface area contributed by atoms with Gasteiger partial charge in [-0.1, -0.05) is 24.3 Å². The van der Waals surface area contributed by atoms with Crippen LogP contribution >= 0.6 is 0 Å². The van der Waals surface area contributed by atoms with E-state index >= 15 is 4.39 Å². The number of aryl methyl sites for hydroxylation is 1. The summed E-state index contributed by atoms with van der Waals surface area (Å²) in [5.74, 6) is 0.194. The highest BCUT2D eigenvalue weighted by Gasteiger charge is 2.48. The number of benzene rings is 2. The molecule has 0 aromatic heterocycles. The van der Waals surface area contributed by atoms with E-state index in [0.29, 0.717) is 17.7 Å². The standard InChI is InChI=1S/C18H19F2NO/c1-12-9-14(19)7-8-16(12)22-17-15-6-4-3-5-13(15)10-18(17,20)11-21-2/h3-9,17,21H,10-11H2,1-2H3. The topological polar surface area (TPSA) is 21.3 Å². The molecule has 2 unspecified atom stereocenters. The third-order valence-corrected chi connectivity index (χ3v) is 4.14. The lowest BCUT2D eigenvalue weighted by Gasteiger charge is -2.29. The molecule has 2 atom stereocenters. The summed E-state index contributed by atoms with van der Waals surface area (Å²) in [6, 6.07) is 11.9. The van der Waals surface area contributed by atoms with Crippen molar-refractivity contribution in [3.8, 4) is 5.75 Å². The van der Waals surface area contributed by atoms with E-state index in [9.17, 15) is 4.39 Å². The molecular weight excluding hydrogens is 284 g/mol. The summed E-state index contributed by atoms with van der Waals surface area (Å²) in [5.41, 5.74) is 0.976. The Hall–Kier alpha value is -1.94. The molecule has 2 nitrogen and oxygen atoms in total. The zero-order valence-electron chi connectivity index (χ0n) is 12.7. The molecule has 116 valence electrons. The summed E-state index contributed by atoms with van der Waals surface area (Å²) in [6.07, 6.45) is -0.380. The molecule has 0 bridgehead atoms. The summed E-state index contributed by atoms with van der Waals surface area (Å²) < 4.78 is 34.6. The van der Waals surface area contributed by atoms with Gasteiger partial charge in [-0.2, -0.15) is 0 Å². The minimum atomic E-state index is -1.51. The van der Waals surface area contributed by atoms with E-state index in [4.69, 9.17) is 4.74 Å². The largest absolute Gasteiger partial charge is 0.482 e. The van der Waals surface area contributed by atoms with Crippen LogP contribution in [-0.4, -0.2) is 19.3 Å². The van der Waals surface area contributed by atoms with Crippen LogP contribution in [0.25, 0.3) is 0 Å². The molecule has 0 amide bonds. The van der Waals surface area contributed by atoms with Gasteiger partial charge in [-0.3, -0.25) is 0 Å². The van der Waals surface area contributed by atoms with E-state index in [0.717, 1.165) is 11.1 Å². The summed E-state index contributed by atoms with van der Waals surface area (Å²) in [4.78, 5) is 0. The van der Waals surface area contributed by atoms with Gasteiger partial charge in [-0.15, -0.1) is 0 Å². The molecular formula is C18H19F2NO. The van der Waals surface area contributed by atoms with Crippen molar-refractivity contribution >= 4 is 0 Å². The van der Waals surface area contributed by atoms with Gasteiger partial charge >= 0.3 is 0 Å². The molecule has 0 spiro atoms. The molecule has 1 N–H and O–H groups in total. The first-order valence-corrected chi connectivity index (χ1v) is 7.37. The van der Waals surface area contributed by atoms with Crippen LogP contribution in [0.1, 0.15) is 22.8 Å². The normalized spacial score (nSPS) is 23.4. The summed E-state index contributed by atoms with van der Waals surface area (Å²) >= 11 is 0. The van der Waals surface area contributed by atoms with Gasteiger partial charge in [0, 0.05) is 13.0 Å². The van der Waals surface area contributed by atoms with Crippen molar-refractivity contribution in [3.63, 3.8) is 0 Å². The van der Waals surface area contributed by atoms with Crippen LogP contribution in [0.5, 0.6) is 5.75 Å². The second-order valence-electron chi connectivity index (χ2n) is 5.85.